The van der Waals surface area contributed by atoms with Gasteiger partial charge in [0.2, 0.25) is 0 Å². The Balaban J connectivity index is 1.60. The van der Waals surface area contributed by atoms with Crippen LogP contribution in [0, 0.1) is 0 Å². The van der Waals surface area contributed by atoms with E-state index in [1.54, 1.807) is 0 Å². The monoisotopic (exact) mass is 280 g/mol. The van der Waals surface area contributed by atoms with Crippen molar-refractivity contribution in [2.75, 3.05) is 52.4 Å². The highest BCUT2D eigenvalue weighted by Crippen LogP contribution is 2.27. The lowest BCUT2D eigenvalue weighted by Crippen LogP contribution is -2.62. The minimum absolute atomic E-state index is 0.303. The largest absolute Gasteiger partial charge is 0.314 e. The van der Waals surface area contributed by atoms with E-state index in [4.69, 9.17) is 0 Å². The summed E-state index contributed by atoms with van der Waals surface area (Å²) in [5.74, 6) is 0. The van der Waals surface area contributed by atoms with Crippen molar-refractivity contribution in [2.24, 2.45) is 0 Å². The quantitative estimate of drug-likeness (QED) is 0.827. The average Bonchev–Trinajstić information content (AvgIpc) is 2.87. The fraction of sp³-hybridized carbons (Fsp3) is 1.00. The zero-order valence-electron chi connectivity index (χ0n) is 13.6. The molecule has 2 atom stereocenters. The zero-order valence-corrected chi connectivity index (χ0v) is 13.6. The maximum Gasteiger partial charge on any atom is 0.0281 e. The maximum atomic E-state index is 3.47. The predicted octanol–water partition coefficient (Wildman–Crippen LogP) is 0.839. The summed E-state index contributed by atoms with van der Waals surface area (Å²) in [6.45, 7) is 17.1. The van der Waals surface area contributed by atoms with Crippen LogP contribution < -0.4 is 5.32 Å². The van der Waals surface area contributed by atoms with Crippen molar-refractivity contribution in [3.05, 3.63) is 0 Å². The number of nitrogens with one attached hydrogen (secondary N) is 1. The second-order valence-electron chi connectivity index (χ2n) is 7.62. The first-order chi connectivity index (χ1) is 9.56. The number of fused-ring (bicyclic) bond motifs is 1. The van der Waals surface area contributed by atoms with Crippen LogP contribution in [0.1, 0.15) is 33.6 Å². The molecule has 0 aromatic heterocycles. The Labute approximate surface area is 124 Å². The molecule has 0 spiro atoms. The third-order valence-corrected chi connectivity index (χ3v) is 5.63. The molecule has 3 saturated heterocycles. The summed E-state index contributed by atoms with van der Waals surface area (Å²) in [5, 5.41) is 3.47. The van der Waals surface area contributed by atoms with Crippen LogP contribution >= 0.6 is 0 Å². The molecule has 3 heterocycles. The van der Waals surface area contributed by atoms with Gasteiger partial charge in [-0.2, -0.15) is 0 Å². The number of piperazine rings is 2. The SMILES string of the molecule is CC1CN2CCCC2CN1CC(C)(C)N1CCNCC1. The smallest absolute Gasteiger partial charge is 0.0281 e. The lowest BCUT2D eigenvalue weighted by Gasteiger charge is -2.49. The molecule has 0 saturated carbocycles. The molecule has 2 unspecified atom stereocenters. The highest BCUT2D eigenvalue weighted by atomic mass is 15.3. The average molecular weight is 280 g/mol. The van der Waals surface area contributed by atoms with Crippen molar-refractivity contribution < 1.29 is 0 Å². The Bertz CT molecular complexity index is 324. The molecule has 3 fully saturated rings. The van der Waals surface area contributed by atoms with Gasteiger partial charge in [-0.1, -0.05) is 0 Å². The van der Waals surface area contributed by atoms with E-state index in [0.717, 1.165) is 19.1 Å². The van der Waals surface area contributed by atoms with Gasteiger partial charge in [0.25, 0.3) is 0 Å². The third kappa shape index (κ3) is 3.03. The van der Waals surface area contributed by atoms with Gasteiger partial charge in [-0.25, -0.2) is 0 Å². The standard InChI is InChI=1S/C16H32N4/c1-14-11-18-8-4-5-15(18)12-19(14)13-16(2,3)20-9-6-17-7-10-20/h14-15,17H,4-13H2,1-3H3. The van der Waals surface area contributed by atoms with E-state index in [-0.39, 0.29) is 0 Å². The maximum absolute atomic E-state index is 3.47. The second kappa shape index (κ2) is 5.91. The lowest BCUT2D eigenvalue weighted by atomic mass is 9.98. The summed E-state index contributed by atoms with van der Waals surface area (Å²) in [6.07, 6.45) is 2.82. The number of hydrogen-bond donors (Lipinski definition) is 1. The van der Waals surface area contributed by atoms with E-state index in [2.05, 4.69) is 40.8 Å². The molecule has 20 heavy (non-hydrogen) atoms. The van der Waals surface area contributed by atoms with Crippen LogP contribution in [0.5, 0.6) is 0 Å². The second-order valence-corrected chi connectivity index (χ2v) is 7.62. The first-order valence-electron chi connectivity index (χ1n) is 8.50. The fourth-order valence-electron chi connectivity index (χ4n) is 4.34. The van der Waals surface area contributed by atoms with Gasteiger partial charge in [0.05, 0.1) is 0 Å². The van der Waals surface area contributed by atoms with Gasteiger partial charge < -0.3 is 5.32 Å². The summed E-state index contributed by atoms with van der Waals surface area (Å²) in [6, 6.07) is 1.55. The van der Waals surface area contributed by atoms with Crippen LogP contribution in [-0.4, -0.2) is 84.7 Å². The first kappa shape index (κ1) is 14.8. The molecule has 0 bridgehead atoms. The first-order valence-corrected chi connectivity index (χ1v) is 8.50. The van der Waals surface area contributed by atoms with Crippen LogP contribution in [0.4, 0.5) is 0 Å². The lowest BCUT2D eigenvalue weighted by molar-refractivity contribution is 0.00485. The molecule has 1 N–H and O–H groups in total. The van der Waals surface area contributed by atoms with Gasteiger partial charge in [0.15, 0.2) is 0 Å². The Morgan fingerprint density at radius 2 is 1.85 bits per heavy atom. The van der Waals surface area contributed by atoms with E-state index < -0.39 is 0 Å². The van der Waals surface area contributed by atoms with Gasteiger partial charge in [0.1, 0.15) is 0 Å². The molecule has 3 rings (SSSR count). The van der Waals surface area contributed by atoms with Crippen LogP contribution in [-0.2, 0) is 0 Å². The van der Waals surface area contributed by atoms with Crippen LogP contribution in [0.3, 0.4) is 0 Å². The van der Waals surface area contributed by atoms with Crippen LogP contribution in [0.15, 0.2) is 0 Å². The molecule has 0 aliphatic carbocycles. The Morgan fingerprint density at radius 3 is 2.60 bits per heavy atom. The van der Waals surface area contributed by atoms with Crippen LogP contribution in [0.2, 0.25) is 0 Å². The Morgan fingerprint density at radius 1 is 1.10 bits per heavy atom. The molecular weight excluding hydrogens is 248 g/mol. The van der Waals surface area contributed by atoms with Gasteiger partial charge in [-0.3, -0.25) is 14.7 Å². The molecule has 116 valence electrons. The van der Waals surface area contributed by atoms with Gasteiger partial charge in [0, 0.05) is 63.4 Å². The Hall–Kier alpha value is -0.160. The number of rotatable bonds is 3. The van der Waals surface area contributed by atoms with Gasteiger partial charge in [-0.15, -0.1) is 0 Å². The molecule has 0 aromatic carbocycles. The van der Waals surface area contributed by atoms with E-state index in [0.29, 0.717) is 11.6 Å². The van der Waals surface area contributed by atoms with Gasteiger partial charge in [-0.05, 0) is 40.2 Å². The molecule has 0 amide bonds. The van der Waals surface area contributed by atoms with Crippen molar-refractivity contribution in [2.45, 2.75) is 51.2 Å². The molecule has 0 radical (unpaired) electrons. The number of hydrogen-bond acceptors (Lipinski definition) is 4. The van der Waals surface area contributed by atoms with Gasteiger partial charge >= 0.3 is 0 Å². The molecule has 3 aliphatic rings. The summed E-state index contributed by atoms with van der Waals surface area (Å²) >= 11 is 0. The van der Waals surface area contributed by atoms with Crippen molar-refractivity contribution >= 4 is 0 Å². The van der Waals surface area contributed by atoms with Crippen molar-refractivity contribution in [1.82, 2.24) is 20.0 Å². The van der Waals surface area contributed by atoms with E-state index >= 15 is 0 Å². The van der Waals surface area contributed by atoms with Crippen LogP contribution in [0.25, 0.3) is 0 Å². The molecular formula is C16H32N4. The van der Waals surface area contributed by atoms with Crippen molar-refractivity contribution in [3.8, 4) is 0 Å². The topological polar surface area (TPSA) is 21.8 Å². The third-order valence-electron chi connectivity index (χ3n) is 5.63. The summed E-state index contributed by atoms with van der Waals surface area (Å²) in [4.78, 5) is 8.16. The molecule has 3 aliphatic heterocycles. The minimum Gasteiger partial charge on any atom is -0.314 e. The highest BCUT2D eigenvalue weighted by Gasteiger charge is 2.38. The Kier molecular flexibility index (Phi) is 4.37. The minimum atomic E-state index is 0.303. The van der Waals surface area contributed by atoms with Crippen molar-refractivity contribution in [3.63, 3.8) is 0 Å². The molecule has 0 aromatic rings. The molecule has 4 nitrogen and oxygen atoms in total. The van der Waals surface area contributed by atoms with E-state index in [1.807, 2.05) is 0 Å². The normalized spacial score (nSPS) is 34.4. The predicted molar refractivity (Wildman–Crippen MR) is 84.2 cm³/mol. The van der Waals surface area contributed by atoms with E-state index in [1.165, 1.54) is 52.1 Å². The highest BCUT2D eigenvalue weighted by molar-refractivity contribution is 4.95. The fourth-order valence-corrected chi connectivity index (χ4v) is 4.34. The van der Waals surface area contributed by atoms with E-state index in [9.17, 15) is 0 Å². The summed E-state index contributed by atoms with van der Waals surface area (Å²) in [7, 11) is 0. The zero-order chi connectivity index (χ0) is 14.2. The summed E-state index contributed by atoms with van der Waals surface area (Å²) < 4.78 is 0. The van der Waals surface area contributed by atoms with Crippen molar-refractivity contribution in [1.29, 1.82) is 0 Å². The number of nitrogens with zero attached hydrogens (tertiary/aromatic N) is 3. The summed E-state index contributed by atoms with van der Waals surface area (Å²) in [5.41, 5.74) is 0.303. The molecule has 4 heteroatoms.